The minimum absolute atomic E-state index is 0.310. The monoisotopic (exact) mass is 312 g/mol. The molecule has 1 aliphatic rings. The van der Waals surface area contributed by atoms with Crippen molar-refractivity contribution < 1.29 is 4.74 Å². The lowest BCUT2D eigenvalue weighted by molar-refractivity contribution is 0.0945. The Morgan fingerprint density at radius 3 is 2.61 bits per heavy atom. The maximum absolute atomic E-state index is 5.99. The highest BCUT2D eigenvalue weighted by Crippen LogP contribution is 2.36. The summed E-state index contributed by atoms with van der Waals surface area (Å²) in [6, 6.07) is 1.86. The minimum Gasteiger partial charge on any atom is -0.474 e. The van der Waals surface area contributed by atoms with Crippen LogP contribution < -0.4 is 4.74 Å². The summed E-state index contributed by atoms with van der Waals surface area (Å²) < 4.78 is 6.80. The largest absolute Gasteiger partial charge is 0.474 e. The SMILES string of the molecule is CCc1nc(Br)cc(OC2CCC(C)(C)CC2)n1. The van der Waals surface area contributed by atoms with Gasteiger partial charge in [-0.05, 0) is 47.0 Å². The van der Waals surface area contributed by atoms with Crippen LogP contribution in [0.5, 0.6) is 5.88 Å². The van der Waals surface area contributed by atoms with Gasteiger partial charge in [0.25, 0.3) is 0 Å². The van der Waals surface area contributed by atoms with Crippen LogP contribution >= 0.6 is 15.9 Å². The van der Waals surface area contributed by atoms with Crippen molar-refractivity contribution in [2.24, 2.45) is 5.41 Å². The van der Waals surface area contributed by atoms with Crippen molar-refractivity contribution in [1.82, 2.24) is 9.97 Å². The van der Waals surface area contributed by atoms with Gasteiger partial charge in [-0.3, -0.25) is 0 Å². The number of ether oxygens (including phenoxy) is 1. The van der Waals surface area contributed by atoms with E-state index in [-0.39, 0.29) is 0 Å². The molecule has 2 rings (SSSR count). The van der Waals surface area contributed by atoms with Crippen LogP contribution in [0.3, 0.4) is 0 Å². The molecule has 0 saturated heterocycles. The van der Waals surface area contributed by atoms with Gasteiger partial charge in [0.05, 0.1) is 0 Å². The van der Waals surface area contributed by atoms with Gasteiger partial charge in [0.15, 0.2) is 0 Å². The zero-order chi connectivity index (χ0) is 13.2. The first kappa shape index (κ1) is 13.8. The van der Waals surface area contributed by atoms with Crippen LogP contribution in [0.25, 0.3) is 0 Å². The van der Waals surface area contributed by atoms with Gasteiger partial charge < -0.3 is 4.74 Å². The van der Waals surface area contributed by atoms with E-state index in [0.717, 1.165) is 29.7 Å². The van der Waals surface area contributed by atoms with Crippen LogP contribution in [-0.4, -0.2) is 16.1 Å². The lowest BCUT2D eigenvalue weighted by atomic mass is 9.76. The summed E-state index contributed by atoms with van der Waals surface area (Å²) in [7, 11) is 0. The second-order valence-corrected chi connectivity index (χ2v) is 6.59. The first-order chi connectivity index (χ1) is 8.48. The molecule has 1 aromatic rings. The van der Waals surface area contributed by atoms with Gasteiger partial charge in [0.2, 0.25) is 5.88 Å². The number of aromatic nitrogens is 2. The smallest absolute Gasteiger partial charge is 0.217 e. The van der Waals surface area contributed by atoms with Gasteiger partial charge in [-0.2, -0.15) is 4.98 Å². The van der Waals surface area contributed by atoms with Crippen molar-refractivity contribution in [1.29, 1.82) is 0 Å². The molecule has 1 heterocycles. The molecule has 3 nitrogen and oxygen atoms in total. The fraction of sp³-hybridized carbons (Fsp3) is 0.714. The molecule has 0 N–H and O–H groups in total. The second-order valence-electron chi connectivity index (χ2n) is 5.78. The zero-order valence-electron chi connectivity index (χ0n) is 11.4. The lowest BCUT2D eigenvalue weighted by Gasteiger charge is -2.34. The van der Waals surface area contributed by atoms with Gasteiger partial charge in [-0.1, -0.05) is 20.8 Å². The maximum Gasteiger partial charge on any atom is 0.217 e. The van der Waals surface area contributed by atoms with Crippen molar-refractivity contribution >= 4 is 15.9 Å². The van der Waals surface area contributed by atoms with Crippen LogP contribution in [0.4, 0.5) is 0 Å². The second kappa shape index (κ2) is 5.55. The molecule has 0 amide bonds. The molecular formula is C14H21BrN2O. The molecule has 0 aromatic carbocycles. The predicted octanol–water partition coefficient (Wildman–Crippen LogP) is 4.15. The normalized spacial score (nSPS) is 19.8. The number of halogens is 1. The molecule has 0 bridgehead atoms. The van der Waals surface area contributed by atoms with E-state index in [1.54, 1.807) is 0 Å². The van der Waals surface area contributed by atoms with Crippen molar-refractivity contribution in [2.45, 2.75) is 59.0 Å². The number of hydrogen-bond donors (Lipinski definition) is 0. The molecule has 0 unspecified atom stereocenters. The molecule has 1 saturated carbocycles. The summed E-state index contributed by atoms with van der Waals surface area (Å²) in [5.41, 5.74) is 0.473. The first-order valence-corrected chi connectivity index (χ1v) is 7.48. The van der Waals surface area contributed by atoms with E-state index in [9.17, 15) is 0 Å². The summed E-state index contributed by atoms with van der Waals surface area (Å²) >= 11 is 3.41. The standard InChI is InChI=1S/C14H21BrN2O/c1-4-12-16-11(15)9-13(17-12)18-10-5-7-14(2,3)8-6-10/h9-10H,4-8H2,1-3H3. The van der Waals surface area contributed by atoms with Crippen molar-refractivity contribution in [2.75, 3.05) is 0 Å². The highest BCUT2D eigenvalue weighted by molar-refractivity contribution is 9.10. The third-order valence-corrected chi connectivity index (χ3v) is 4.01. The molecule has 0 radical (unpaired) electrons. The van der Waals surface area contributed by atoms with E-state index in [0.29, 0.717) is 17.4 Å². The topological polar surface area (TPSA) is 35.0 Å². The molecule has 4 heteroatoms. The fourth-order valence-electron chi connectivity index (χ4n) is 2.32. The molecule has 1 aliphatic carbocycles. The summed E-state index contributed by atoms with van der Waals surface area (Å²) in [6.07, 6.45) is 5.83. The average molecular weight is 313 g/mol. The molecule has 0 spiro atoms. The number of hydrogen-bond acceptors (Lipinski definition) is 3. The van der Waals surface area contributed by atoms with E-state index in [4.69, 9.17) is 4.74 Å². The van der Waals surface area contributed by atoms with Crippen molar-refractivity contribution in [3.8, 4) is 5.88 Å². The summed E-state index contributed by atoms with van der Waals surface area (Å²) in [4.78, 5) is 8.71. The molecule has 100 valence electrons. The van der Waals surface area contributed by atoms with Gasteiger partial charge in [0, 0.05) is 12.5 Å². The fourth-order valence-corrected chi connectivity index (χ4v) is 2.72. The summed E-state index contributed by atoms with van der Waals surface area (Å²) in [6.45, 7) is 6.72. The molecule has 1 fully saturated rings. The van der Waals surface area contributed by atoms with E-state index < -0.39 is 0 Å². The summed E-state index contributed by atoms with van der Waals surface area (Å²) in [5.74, 6) is 1.54. The highest BCUT2D eigenvalue weighted by atomic mass is 79.9. The van der Waals surface area contributed by atoms with Crippen LogP contribution in [0.1, 0.15) is 52.3 Å². The quantitative estimate of drug-likeness (QED) is 0.786. The Morgan fingerprint density at radius 1 is 1.33 bits per heavy atom. The number of nitrogens with zero attached hydrogens (tertiary/aromatic N) is 2. The average Bonchev–Trinajstić information content (AvgIpc) is 2.31. The molecule has 0 aliphatic heterocycles. The predicted molar refractivity (Wildman–Crippen MR) is 75.8 cm³/mol. The molecular weight excluding hydrogens is 292 g/mol. The Balaban J connectivity index is 2.00. The van der Waals surface area contributed by atoms with E-state index in [1.807, 2.05) is 6.07 Å². The third-order valence-electron chi connectivity index (χ3n) is 3.61. The van der Waals surface area contributed by atoms with Crippen LogP contribution in [0, 0.1) is 5.41 Å². The molecule has 18 heavy (non-hydrogen) atoms. The molecule has 1 aromatic heterocycles. The summed E-state index contributed by atoms with van der Waals surface area (Å²) in [5, 5.41) is 0. The highest BCUT2D eigenvalue weighted by Gasteiger charge is 2.28. The Hall–Kier alpha value is -0.640. The third kappa shape index (κ3) is 3.67. The lowest BCUT2D eigenvalue weighted by Crippen LogP contribution is -2.28. The minimum atomic E-state index is 0.310. The van der Waals surface area contributed by atoms with Crippen molar-refractivity contribution in [3.63, 3.8) is 0 Å². The van der Waals surface area contributed by atoms with E-state index in [2.05, 4.69) is 46.7 Å². The van der Waals surface area contributed by atoms with E-state index >= 15 is 0 Å². The van der Waals surface area contributed by atoms with Crippen LogP contribution in [0.15, 0.2) is 10.7 Å². The molecule has 0 atom stereocenters. The van der Waals surface area contributed by atoms with Gasteiger partial charge in [-0.15, -0.1) is 0 Å². The van der Waals surface area contributed by atoms with Crippen molar-refractivity contribution in [3.05, 3.63) is 16.5 Å². The van der Waals surface area contributed by atoms with Gasteiger partial charge in [-0.25, -0.2) is 4.98 Å². The Morgan fingerprint density at radius 2 is 2.00 bits per heavy atom. The Bertz CT molecular complexity index is 410. The first-order valence-electron chi connectivity index (χ1n) is 6.68. The van der Waals surface area contributed by atoms with Gasteiger partial charge >= 0.3 is 0 Å². The van der Waals surface area contributed by atoms with Gasteiger partial charge in [0.1, 0.15) is 16.5 Å². The van der Waals surface area contributed by atoms with E-state index in [1.165, 1.54) is 12.8 Å². The Labute approximate surface area is 117 Å². The number of aryl methyl sites for hydroxylation is 1. The maximum atomic E-state index is 5.99. The van der Waals surface area contributed by atoms with Crippen LogP contribution in [-0.2, 0) is 6.42 Å². The Kier molecular flexibility index (Phi) is 4.25. The van der Waals surface area contributed by atoms with Crippen LogP contribution in [0.2, 0.25) is 0 Å². The number of rotatable bonds is 3. The zero-order valence-corrected chi connectivity index (χ0v) is 13.0.